The molecule has 0 radical (unpaired) electrons. The first-order chi connectivity index (χ1) is 9.93. The van der Waals surface area contributed by atoms with E-state index in [1.165, 1.54) is 0 Å². The Labute approximate surface area is 125 Å². The third-order valence-electron chi connectivity index (χ3n) is 3.56. The van der Waals surface area contributed by atoms with Crippen LogP contribution < -0.4 is 4.72 Å². The van der Waals surface area contributed by atoms with E-state index in [9.17, 15) is 13.2 Å². The molecule has 2 unspecified atom stereocenters. The summed E-state index contributed by atoms with van der Waals surface area (Å²) in [5.74, 6) is 0.268. The number of sulfonamides is 1. The van der Waals surface area contributed by atoms with Crippen LogP contribution in [-0.2, 0) is 14.8 Å². The van der Waals surface area contributed by atoms with Gasteiger partial charge in [0.2, 0.25) is 10.0 Å². The number of Topliss-reactive ketones (excluding diaryl/α,β-unsaturated/α-hetero) is 1. The van der Waals surface area contributed by atoms with Crippen molar-refractivity contribution in [3.63, 3.8) is 0 Å². The first-order valence-corrected chi connectivity index (χ1v) is 8.84. The second-order valence-electron chi connectivity index (χ2n) is 5.42. The Hall–Kier alpha value is -1.40. The minimum absolute atomic E-state index is 0.0389. The van der Waals surface area contributed by atoms with Gasteiger partial charge in [-0.2, -0.15) is 0 Å². The number of ketones is 1. The highest BCUT2D eigenvalue weighted by atomic mass is 32.2. The van der Waals surface area contributed by atoms with Gasteiger partial charge in [-0.1, -0.05) is 13.8 Å². The van der Waals surface area contributed by atoms with Gasteiger partial charge in [-0.05, 0) is 43.0 Å². The minimum atomic E-state index is -3.30. The first-order valence-electron chi connectivity index (χ1n) is 7.19. The fourth-order valence-corrected chi connectivity index (χ4v) is 3.53. The first kappa shape index (κ1) is 16.0. The molecule has 21 heavy (non-hydrogen) atoms. The van der Waals surface area contributed by atoms with Crippen molar-refractivity contribution in [1.82, 2.24) is 0 Å². The number of hydrogen-bond donors (Lipinski definition) is 1. The molecule has 1 aromatic carbocycles. The Morgan fingerprint density at radius 1 is 1.33 bits per heavy atom. The Morgan fingerprint density at radius 3 is 2.52 bits per heavy atom. The molecule has 1 saturated heterocycles. The number of carbonyl (C=O) groups is 1. The lowest BCUT2D eigenvalue weighted by Crippen LogP contribution is -2.25. The van der Waals surface area contributed by atoms with Crippen LogP contribution in [0.25, 0.3) is 0 Å². The van der Waals surface area contributed by atoms with Gasteiger partial charge in [0, 0.05) is 17.9 Å². The van der Waals surface area contributed by atoms with Crippen molar-refractivity contribution in [1.29, 1.82) is 0 Å². The molecule has 1 aromatic rings. The number of rotatable bonds is 6. The highest BCUT2D eigenvalue weighted by Crippen LogP contribution is 2.24. The van der Waals surface area contributed by atoms with Crippen LogP contribution in [0, 0.1) is 5.92 Å². The molecule has 1 fully saturated rings. The van der Waals surface area contributed by atoms with Crippen molar-refractivity contribution < 1.29 is 17.9 Å². The maximum atomic E-state index is 12.3. The van der Waals surface area contributed by atoms with Crippen molar-refractivity contribution in [2.24, 2.45) is 5.92 Å². The molecule has 0 spiro atoms. The van der Waals surface area contributed by atoms with Crippen molar-refractivity contribution >= 4 is 21.5 Å². The van der Waals surface area contributed by atoms with Gasteiger partial charge in [-0.15, -0.1) is 0 Å². The summed E-state index contributed by atoms with van der Waals surface area (Å²) in [6.07, 6.45) is 1.07. The summed E-state index contributed by atoms with van der Waals surface area (Å²) in [6.45, 7) is 4.43. The second-order valence-corrected chi connectivity index (χ2v) is 7.26. The molecule has 0 amide bonds. The van der Waals surface area contributed by atoms with Crippen molar-refractivity contribution in [2.45, 2.75) is 32.8 Å². The van der Waals surface area contributed by atoms with E-state index in [0.717, 1.165) is 6.42 Å². The average Bonchev–Trinajstić information content (AvgIpc) is 2.84. The molecular weight excluding hydrogens is 290 g/mol. The molecule has 116 valence electrons. The quantitative estimate of drug-likeness (QED) is 0.819. The van der Waals surface area contributed by atoms with Gasteiger partial charge < -0.3 is 4.74 Å². The summed E-state index contributed by atoms with van der Waals surface area (Å²) >= 11 is 0. The van der Waals surface area contributed by atoms with Crippen LogP contribution in [0.15, 0.2) is 24.3 Å². The van der Waals surface area contributed by atoms with Crippen LogP contribution in [0.2, 0.25) is 0 Å². The van der Waals surface area contributed by atoms with E-state index in [-0.39, 0.29) is 23.6 Å². The predicted molar refractivity (Wildman–Crippen MR) is 82.0 cm³/mol. The maximum Gasteiger partial charge on any atom is 0.232 e. The molecule has 1 N–H and O–H groups in total. The standard InChI is InChI=1S/C15H21NO4S/c1-3-10-21(18,19)16-13-6-4-12(5-7-13)14(17)15-11(2)8-9-20-15/h4-7,11,15-16H,3,8-10H2,1-2H3. The monoisotopic (exact) mass is 311 g/mol. The Balaban J connectivity index is 2.07. The van der Waals surface area contributed by atoms with Crippen LogP contribution in [0.5, 0.6) is 0 Å². The minimum Gasteiger partial charge on any atom is -0.370 e. The summed E-state index contributed by atoms with van der Waals surface area (Å²) in [5, 5.41) is 0. The molecule has 5 nitrogen and oxygen atoms in total. The summed E-state index contributed by atoms with van der Waals surface area (Å²) in [7, 11) is -3.30. The number of benzene rings is 1. The van der Waals surface area contributed by atoms with Crippen LogP contribution in [0.3, 0.4) is 0 Å². The second kappa shape index (κ2) is 6.58. The number of carbonyl (C=O) groups excluding carboxylic acids is 1. The van der Waals surface area contributed by atoms with Gasteiger partial charge in [-0.25, -0.2) is 8.42 Å². The molecule has 2 rings (SSSR count). The molecule has 0 saturated carbocycles. The van der Waals surface area contributed by atoms with Gasteiger partial charge in [0.25, 0.3) is 0 Å². The summed E-state index contributed by atoms with van der Waals surface area (Å²) in [5.41, 5.74) is 1.02. The summed E-state index contributed by atoms with van der Waals surface area (Å²) in [6, 6.07) is 6.50. The Kier molecular flexibility index (Phi) is 5.00. The number of anilines is 1. The van der Waals surface area contributed by atoms with Crippen molar-refractivity contribution in [3.05, 3.63) is 29.8 Å². The smallest absolute Gasteiger partial charge is 0.232 e. The van der Waals surface area contributed by atoms with E-state index in [4.69, 9.17) is 4.74 Å². The third kappa shape index (κ3) is 4.04. The number of nitrogens with one attached hydrogen (secondary N) is 1. The molecule has 6 heteroatoms. The van der Waals surface area contributed by atoms with E-state index < -0.39 is 10.0 Å². The third-order valence-corrected chi connectivity index (χ3v) is 5.05. The van der Waals surface area contributed by atoms with Crippen LogP contribution in [0.4, 0.5) is 5.69 Å². The lowest BCUT2D eigenvalue weighted by molar-refractivity contribution is 0.0579. The van der Waals surface area contributed by atoms with Crippen LogP contribution in [-0.4, -0.2) is 32.7 Å². The highest BCUT2D eigenvalue weighted by molar-refractivity contribution is 7.92. The van der Waals surface area contributed by atoms with Gasteiger partial charge >= 0.3 is 0 Å². The van der Waals surface area contributed by atoms with Crippen LogP contribution in [0.1, 0.15) is 37.0 Å². The van der Waals surface area contributed by atoms with E-state index >= 15 is 0 Å². The predicted octanol–water partition coefficient (Wildman–Crippen LogP) is 2.45. The summed E-state index contributed by atoms with van der Waals surface area (Å²) in [4.78, 5) is 12.3. The van der Waals surface area contributed by atoms with Gasteiger partial charge in [0.05, 0.1) is 5.75 Å². The largest absolute Gasteiger partial charge is 0.370 e. The van der Waals surface area contributed by atoms with Gasteiger partial charge in [0.1, 0.15) is 6.10 Å². The summed E-state index contributed by atoms with van der Waals surface area (Å²) < 4.78 is 31.3. The molecule has 0 aliphatic carbocycles. The molecule has 2 atom stereocenters. The topological polar surface area (TPSA) is 72.5 Å². The van der Waals surface area contributed by atoms with Gasteiger partial charge in [-0.3, -0.25) is 9.52 Å². The van der Waals surface area contributed by atoms with E-state index in [0.29, 0.717) is 24.3 Å². The lowest BCUT2D eigenvalue weighted by Gasteiger charge is -2.13. The molecule has 0 aromatic heterocycles. The average molecular weight is 311 g/mol. The number of ether oxygens (including phenoxy) is 1. The molecular formula is C15H21NO4S. The lowest BCUT2D eigenvalue weighted by atomic mass is 9.96. The Morgan fingerprint density at radius 2 is 2.00 bits per heavy atom. The van der Waals surface area contributed by atoms with Crippen molar-refractivity contribution in [3.8, 4) is 0 Å². The molecule has 0 bridgehead atoms. The molecule has 1 aliphatic rings. The molecule has 1 aliphatic heterocycles. The van der Waals surface area contributed by atoms with Crippen molar-refractivity contribution in [2.75, 3.05) is 17.1 Å². The zero-order chi connectivity index (χ0) is 15.5. The maximum absolute atomic E-state index is 12.3. The molecule has 1 heterocycles. The zero-order valence-corrected chi connectivity index (χ0v) is 13.2. The fraction of sp³-hybridized carbons (Fsp3) is 0.533. The van der Waals surface area contributed by atoms with E-state index in [1.807, 2.05) is 13.8 Å². The van der Waals surface area contributed by atoms with Gasteiger partial charge in [0.15, 0.2) is 5.78 Å². The van der Waals surface area contributed by atoms with E-state index in [2.05, 4.69) is 4.72 Å². The highest BCUT2D eigenvalue weighted by Gasteiger charge is 2.31. The van der Waals surface area contributed by atoms with E-state index in [1.54, 1.807) is 24.3 Å². The number of hydrogen-bond acceptors (Lipinski definition) is 4. The fourth-order valence-electron chi connectivity index (χ4n) is 2.40. The zero-order valence-electron chi connectivity index (χ0n) is 12.3. The normalized spacial score (nSPS) is 22.2. The Bertz CT molecular complexity index is 595. The SMILES string of the molecule is CCCS(=O)(=O)Nc1ccc(C(=O)C2OCCC2C)cc1. The van der Waals surface area contributed by atoms with Crippen LogP contribution >= 0.6 is 0 Å².